The monoisotopic (exact) mass is 561 g/mol. The molecular formula is C27H38F3NO6S. The Morgan fingerprint density at radius 2 is 1.89 bits per heavy atom. The number of alkyl halides is 3. The molecule has 8 atom stereocenters. The third kappa shape index (κ3) is 6.54. The molecule has 214 valence electrons. The van der Waals surface area contributed by atoms with E-state index in [1.54, 1.807) is 31.7 Å². The molecule has 0 radical (unpaired) electrons. The molecule has 1 saturated heterocycles. The minimum absolute atomic E-state index is 0.189. The predicted molar refractivity (Wildman–Crippen MR) is 139 cm³/mol. The quantitative estimate of drug-likeness (QED) is 0.292. The van der Waals surface area contributed by atoms with Crippen LogP contribution in [0.4, 0.5) is 13.2 Å². The van der Waals surface area contributed by atoms with Gasteiger partial charge in [0.2, 0.25) is 0 Å². The number of hydrogen-bond acceptors (Lipinski definition) is 8. The van der Waals surface area contributed by atoms with Gasteiger partial charge in [0.15, 0.2) is 5.60 Å². The number of hydrogen-bond donors (Lipinski definition) is 2. The molecule has 1 fully saturated rings. The van der Waals surface area contributed by atoms with Gasteiger partial charge >= 0.3 is 12.1 Å². The molecule has 0 bridgehead atoms. The summed E-state index contributed by atoms with van der Waals surface area (Å²) in [5, 5.41) is 22.4. The molecule has 3 aliphatic heterocycles. The van der Waals surface area contributed by atoms with Gasteiger partial charge in [0.25, 0.3) is 0 Å². The van der Waals surface area contributed by atoms with Crippen molar-refractivity contribution in [3.05, 3.63) is 23.8 Å². The van der Waals surface area contributed by atoms with Crippen molar-refractivity contribution in [2.75, 3.05) is 5.75 Å². The van der Waals surface area contributed by atoms with E-state index in [0.717, 1.165) is 5.04 Å². The molecule has 0 aromatic rings. The first kappa shape index (κ1) is 30.8. The number of nitrogens with zero attached hydrogens (tertiary/aromatic N) is 1. The summed E-state index contributed by atoms with van der Waals surface area (Å²) in [6.45, 7) is 9.65. The Hall–Kier alpha value is -1.69. The van der Waals surface area contributed by atoms with Crippen LogP contribution in [0.25, 0.3) is 0 Å². The van der Waals surface area contributed by atoms with E-state index in [1.807, 2.05) is 6.92 Å². The van der Waals surface area contributed by atoms with Gasteiger partial charge in [-0.15, -0.1) is 11.8 Å². The lowest BCUT2D eigenvalue weighted by Crippen LogP contribution is -2.45. The van der Waals surface area contributed by atoms with Crippen LogP contribution in [0.15, 0.2) is 28.8 Å². The highest BCUT2D eigenvalue weighted by Gasteiger charge is 2.72. The Balaban J connectivity index is 1.96. The number of rotatable bonds is 2. The molecule has 0 saturated carbocycles. The Bertz CT molecular complexity index is 1010. The second-order valence-corrected chi connectivity index (χ2v) is 12.4. The van der Waals surface area contributed by atoms with E-state index in [4.69, 9.17) is 9.47 Å². The third-order valence-electron chi connectivity index (χ3n) is 7.92. The normalized spacial score (nSPS) is 40.2. The van der Waals surface area contributed by atoms with Crippen molar-refractivity contribution in [1.82, 2.24) is 0 Å². The molecule has 0 amide bonds. The molecule has 11 heteroatoms. The largest absolute Gasteiger partial charge is 0.458 e. The summed E-state index contributed by atoms with van der Waals surface area (Å²) in [7, 11) is 0. The summed E-state index contributed by atoms with van der Waals surface area (Å²) < 4.78 is 53.3. The van der Waals surface area contributed by atoms with Gasteiger partial charge < -0.3 is 19.7 Å². The van der Waals surface area contributed by atoms with E-state index in [1.165, 1.54) is 32.9 Å². The van der Waals surface area contributed by atoms with Crippen LogP contribution >= 0.6 is 11.8 Å². The molecular weight excluding hydrogens is 523 g/mol. The van der Waals surface area contributed by atoms with Crippen molar-refractivity contribution in [3.8, 4) is 0 Å². The van der Waals surface area contributed by atoms with Crippen molar-refractivity contribution in [3.63, 3.8) is 0 Å². The molecule has 2 N–H and O–H groups in total. The number of esters is 1. The van der Waals surface area contributed by atoms with Crippen LogP contribution in [0.5, 0.6) is 0 Å². The van der Waals surface area contributed by atoms with Gasteiger partial charge in [-0.2, -0.15) is 13.2 Å². The fourth-order valence-corrected chi connectivity index (χ4v) is 5.88. The van der Waals surface area contributed by atoms with E-state index < -0.39 is 78.0 Å². The van der Waals surface area contributed by atoms with Crippen LogP contribution in [0.3, 0.4) is 0 Å². The van der Waals surface area contributed by atoms with Crippen molar-refractivity contribution >= 4 is 28.6 Å². The summed E-state index contributed by atoms with van der Waals surface area (Å²) in [5.41, 5.74) is -3.27. The van der Waals surface area contributed by atoms with Gasteiger partial charge in [0, 0.05) is 30.4 Å². The van der Waals surface area contributed by atoms with Crippen molar-refractivity contribution < 1.29 is 42.4 Å². The number of carbonyl (C=O) groups excluding carboxylic acids is 2. The summed E-state index contributed by atoms with van der Waals surface area (Å²) >= 11 is 1.57. The van der Waals surface area contributed by atoms with Crippen LogP contribution in [-0.4, -0.2) is 75.0 Å². The van der Waals surface area contributed by atoms with E-state index in [-0.39, 0.29) is 12.5 Å². The zero-order valence-electron chi connectivity index (χ0n) is 22.6. The van der Waals surface area contributed by atoms with Gasteiger partial charge in [0.05, 0.1) is 35.1 Å². The lowest BCUT2D eigenvalue weighted by atomic mass is 9.73. The van der Waals surface area contributed by atoms with E-state index in [2.05, 4.69) is 4.99 Å². The number of thioether (sulfide) groups is 1. The van der Waals surface area contributed by atoms with Crippen LogP contribution in [0, 0.1) is 17.3 Å². The summed E-state index contributed by atoms with van der Waals surface area (Å²) in [6.07, 6.45) is -6.24. The summed E-state index contributed by atoms with van der Waals surface area (Å²) in [6, 6.07) is -0.189. The number of carbonyl (C=O) groups is 2. The van der Waals surface area contributed by atoms with Gasteiger partial charge in [0.1, 0.15) is 18.0 Å². The number of ketones is 1. The number of aliphatic hydroxyl groups excluding tert-OH is 2. The third-order valence-corrected chi connectivity index (χ3v) is 8.96. The SMILES string of the molecule is CC1=NC(/C=C(\C)[C@@H]2CC3OC3(C(F)(F)F)C/C=C/[C@H](C)[C@H](O)[C@@H](C)C(=O)C(C)(C)[C@@H](O)CC(=O)O2)CS1. The topological polar surface area (TPSA) is 109 Å². The fraction of sp³-hybridized carbons (Fsp3) is 0.741. The lowest BCUT2D eigenvalue weighted by molar-refractivity contribution is -0.183. The number of aliphatic imine (C=N–C) groups is 1. The minimum atomic E-state index is -4.67. The fourth-order valence-electron chi connectivity index (χ4n) is 5.09. The van der Waals surface area contributed by atoms with Crippen molar-refractivity contribution in [2.45, 2.75) is 103 Å². The number of Topliss-reactive ketones (excluding diaryl/α,β-unsaturated/α-hetero) is 1. The number of fused-ring (bicyclic) bond motifs is 1. The van der Waals surface area contributed by atoms with Crippen LogP contribution in [0.1, 0.15) is 60.8 Å². The molecule has 3 unspecified atom stereocenters. The number of aliphatic hydroxyl groups is 2. The van der Waals surface area contributed by atoms with Gasteiger partial charge in [-0.3, -0.25) is 14.6 Å². The minimum Gasteiger partial charge on any atom is -0.458 e. The Labute approximate surface area is 225 Å². The lowest BCUT2D eigenvalue weighted by Gasteiger charge is -2.34. The first-order chi connectivity index (χ1) is 17.5. The van der Waals surface area contributed by atoms with Crippen LogP contribution in [0.2, 0.25) is 0 Å². The van der Waals surface area contributed by atoms with Crippen LogP contribution in [-0.2, 0) is 19.1 Å². The van der Waals surface area contributed by atoms with E-state index in [9.17, 15) is 33.0 Å². The van der Waals surface area contributed by atoms with Gasteiger partial charge in [-0.05, 0) is 19.4 Å². The van der Waals surface area contributed by atoms with E-state index >= 15 is 0 Å². The predicted octanol–water partition coefficient (Wildman–Crippen LogP) is 4.41. The summed E-state index contributed by atoms with van der Waals surface area (Å²) in [5.74, 6) is -2.19. The molecule has 0 aliphatic carbocycles. The molecule has 0 aromatic heterocycles. The maximum atomic E-state index is 14.1. The Morgan fingerprint density at radius 1 is 1.24 bits per heavy atom. The second-order valence-electron chi connectivity index (χ2n) is 11.2. The number of ether oxygens (including phenoxy) is 2. The molecule has 0 aromatic carbocycles. The van der Waals surface area contributed by atoms with Gasteiger partial charge in [-0.25, -0.2) is 0 Å². The molecule has 0 spiro atoms. The number of halogens is 3. The standard InChI is InChI=1S/C27H38F3NO6S/c1-14-8-7-9-26(27(28,29)30)21(37-26)11-19(15(2)10-18-13-38-17(4)31-18)36-22(33)12-20(32)25(5,6)24(35)16(3)23(14)34/h7-8,10,14,16,18-21,23,32,34H,9,11-13H2,1-6H3/b8-7+,15-10+/t14-,16+,18?,19-,20-,21?,23-,26?/m0/s1. The first-order valence-corrected chi connectivity index (χ1v) is 13.8. The van der Waals surface area contributed by atoms with Crippen molar-refractivity contribution in [1.29, 1.82) is 0 Å². The Kier molecular flexibility index (Phi) is 9.28. The average molecular weight is 562 g/mol. The molecule has 3 rings (SSSR count). The molecule has 7 nitrogen and oxygen atoms in total. The number of cyclic esters (lactones) is 1. The van der Waals surface area contributed by atoms with Gasteiger partial charge in [-0.1, -0.05) is 45.9 Å². The summed E-state index contributed by atoms with van der Waals surface area (Å²) in [4.78, 5) is 30.6. The molecule has 3 heterocycles. The van der Waals surface area contributed by atoms with E-state index in [0.29, 0.717) is 11.3 Å². The molecule has 3 aliphatic rings. The highest BCUT2D eigenvalue weighted by Crippen LogP contribution is 2.54. The Morgan fingerprint density at radius 3 is 2.47 bits per heavy atom. The average Bonchev–Trinajstić information content (AvgIpc) is 3.38. The first-order valence-electron chi connectivity index (χ1n) is 12.9. The number of epoxide rings is 1. The maximum absolute atomic E-state index is 14.1. The highest BCUT2D eigenvalue weighted by atomic mass is 32.2. The smallest absolute Gasteiger partial charge is 0.420 e. The zero-order valence-corrected chi connectivity index (χ0v) is 23.4. The second kappa shape index (κ2) is 11.4. The van der Waals surface area contributed by atoms with Crippen molar-refractivity contribution in [2.24, 2.45) is 22.2 Å². The highest BCUT2D eigenvalue weighted by molar-refractivity contribution is 8.14. The van der Waals surface area contributed by atoms with Crippen LogP contribution < -0.4 is 0 Å². The molecule has 38 heavy (non-hydrogen) atoms. The zero-order chi connectivity index (χ0) is 28.6. The maximum Gasteiger partial charge on any atom is 0.420 e.